The highest BCUT2D eigenvalue weighted by Gasteiger charge is 2.39. The van der Waals surface area contributed by atoms with E-state index in [2.05, 4.69) is 191 Å². The second-order valence-electron chi connectivity index (χ2n) is 13.6. The van der Waals surface area contributed by atoms with Gasteiger partial charge in [-0.3, -0.25) is 0 Å². The smallest absolute Gasteiger partial charge is 0.0640 e. The molecule has 2 heterocycles. The first-order chi connectivity index (χ1) is 24.8. The predicted octanol–water partition coefficient (Wildman–Crippen LogP) is 12.2. The Balaban J connectivity index is 1.05. The highest BCUT2D eigenvalue weighted by Crippen LogP contribution is 2.51. The maximum atomic E-state index is 2.58. The fourth-order valence-electron chi connectivity index (χ4n) is 8.56. The molecule has 2 nitrogen and oxygen atoms in total. The van der Waals surface area contributed by atoms with Crippen LogP contribution in [0, 0.1) is 0 Å². The first-order valence-electron chi connectivity index (χ1n) is 17.7. The number of allylic oxidation sites excluding steroid dienone is 4. The van der Waals surface area contributed by atoms with Crippen LogP contribution in [-0.2, 0) is 6.42 Å². The molecule has 0 saturated heterocycles. The SMILES string of the molecule is C1=CCC(c2ccccc2)C(n2c3c(c4ccccc42)CC2C(=C3)c3ccccc3N2c2ccc(-c3ccc(-c4ccccc4)cc3)cc2)=C1. The Morgan fingerprint density at radius 3 is 1.94 bits per heavy atom. The van der Waals surface area contributed by atoms with Gasteiger partial charge >= 0.3 is 0 Å². The van der Waals surface area contributed by atoms with Crippen LogP contribution in [0.5, 0.6) is 0 Å². The van der Waals surface area contributed by atoms with Crippen LogP contribution in [0.1, 0.15) is 34.7 Å². The molecule has 50 heavy (non-hydrogen) atoms. The van der Waals surface area contributed by atoms with E-state index in [1.807, 2.05) is 0 Å². The largest absolute Gasteiger partial charge is 0.333 e. The van der Waals surface area contributed by atoms with E-state index in [0.717, 1.165) is 12.8 Å². The van der Waals surface area contributed by atoms with Gasteiger partial charge in [-0.05, 0) is 81.8 Å². The van der Waals surface area contributed by atoms with E-state index in [4.69, 9.17) is 0 Å². The van der Waals surface area contributed by atoms with Gasteiger partial charge < -0.3 is 9.47 Å². The molecule has 1 aliphatic heterocycles. The second-order valence-corrected chi connectivity index (χ2v) is 13.6. The van der Waals surface area contributed by atoms with Gasteiger partial charge in [-0.15, -0.1) is 0 Å². The van der Waals surface area contributed by atoms with Crippen molar-refractivity contribution in [3.63, 3.8) is 0 Å². The summed E-state index contributed by atoms with van der Waals surface area (Å²) in [6.07, 6.45) is 11.3. The van der Waals surface area contributed by atoms with Gasteiger partial charge in [0.05, 0.1) is 17.3 Å². The number of para-hydroxylation sites is 2. The first-order valence-corrected chi connectivity index (χ1v) is 17.7. The zero-order valence-corrected chi connectivity index (χ0v) is 27.8. The summed E-state index contributed by atoms with van der Waals surface area (Å²) in [5, 5.41) is 1.35. The van der Waals surface area contributed by atoms with Crippen LogP contribution in [0.25, 0.3) is 50.5 Å². The van der Waals surface area contributed by atoms with Gasteiger partial charge in [-0.1, -0.05) is 146 Å². The highest BCUT2D eigenvalue weighted by atomic mass is 15.2. The molecule has 10 rings (SSSR count). The van der Waals surface area contributed by atoms with E-state index in [1.165, 1.54) is 78.2 Å². The fraction of sp³-hybridized carbons (Fsp3) is 0.0833. The van der Waals surface area contributed by atoms with Gasteiger partial charge in [0.25, 0.3) is 0 Å². The normalized spacial score (nSPS) is 17.6. The minimum atomic E-state index is 0.223. The molecule has 3 aliphatic rings. The zero-order valence-electron chi connectivity index (χ0n) is 27.8. The molecule has 0 radical (unpaired) electrons. The average molecular weight is 641 g/mol. The Bertz CT molecular complexity index is 2460. The van der Waals surface area contributed by atoms with E-state index < -0.39 is 0 Å². The molecule has 238 valence electrons. The van der Waals surface area contributed by atoms with Gasteiger partial charge in [-0.2, -0.15) is 0 Å². The quantitative estimate of drug-likeness (QED) is 0.182. The van der Waals surface area contributed by atoms with Gasteiger partial charge in [0.1, 0.15) is 0 Å². The number of nitrogens with zero attached hydrogens (tertiary/aromatic N) is 2. The van der Waals surface area contributed by atoms with Crippen LogP contribution in [0.4, 0.5) is 11.4 Å². The molecule has 0 saturated carbocycles. The minimum Gasteiger partial charge on any atom is -0.333 e. The predicted molar refractivity (Wildman–Crippen MR) is 210 cm³/mol. The number of rotatable bonds is 5. The first kappa shape index (κ1) is 28.9. The lowest BCUT2D eigenvalue weighted by molar-refractivity contribution is 0.793. The van der Waals surface area contributed by atoms with Gasteiger partial charge in [0.15, 0.2) is 0 Å². The lowest BCUT2D eigenvalue weighted by Gasteiger charge is -2.31. The third-order valence-electron chi connectivity index (χ3n) is 10.9. The van der Waals surface area contributed by atoms with Crippen molar-refractivity contribution < 1.29 is 0 Å². The average Bonchev–Trinajstić information content (AvgIpc) is 3.70. The highest BCUT2D eigenvalue weighted by molar-refractivity contribution is 6.04. The van der Waals surface area contributed by atoms with E-state index in [-0.39, 0.29) is 6.04 Å². The standard InChI is InChI=1S/C48H36N2/c1-3-13-33(14-4-1)34-23-25-35(26-24-34)36-27-29-38(30-28-36)49-45-21-11-8-18-40(45)42-32-48-43(31-47(42)49)41-19-9-12-22-46(41)50(48)44-20-10-7-17-39(44)37-15-5-2-6-16-37/h1-16,18-30,32,39,47H,17,31H2. The summed E-state index contributed by atoms with van der Waals surface area (Å²) in [4.78, 5) is 2.58. The summed E-state index contributed by atoms with van der Waals surface area (Å²) < 4.78 is 2.57. The summed E-state index contributed by atoms with van der Waals surface area (Å²) >= 11 is 0. The topological polar surface area (TPSA) is 8.17 Å². The maximum absolute atomic E-state index is 2.58. The molecule has 0 fully saturated rings. The van der Waals surface area contributed by atoms with Gasteiger partial charge in [0, 0.05) is 40.4 Å². The van der Waals surface area contributed by atoms with Gasteiger partial charge in [-0.25, -0.2) is 0 Å². The van der Waals surface area contributed by atoms with Crippen molar-refractivity contribution in [2.24, 2.45) is 0 Å². The second kappa shape index (κ2) is 11.8. The van der Waals surface area contributed by atoms with Crippen LogP contribution in [0.2, 0.25) is 0 Å². The Labute approximate surface area is 293 Å². The number of hydrogen-bond acceptors (Lipinski definition) is 1. The summed E-state index contributed by atoms with van der Waals surface area (Å²) in [5.41, 5.74) is 17.0. The van der Waals surface area contributed by atoms with Crippen LogP contribution in [0.15, 0.2) is 176 Å². The molecule has 2 heteroatoms. The number of benzene rings is 6. The molecule has 0 bridgehead atoms. The monoisotopic (exact) mass is 640 g/mol. The van der Waals surface area contributed by atoms with Crippen molar-refractivity contribution in [3.05, 3.63) is 198 Å². The number of aromatic nitrogens is 1. The molecule has 2 aliphatic carbocycles. The molecule has 0 amide bonds. The van der Waals surface area contributed by atoms with Crippen LogP contribution >= 0.6 is 0 Å². The molecule has 2 unspecified atom stereocenters. The molecule has 1 aromatic heterocycles. The summed E-state index contributed by atoms with van der Waals surface area (Å²) in [5.74, 6) is 0.303. The zero-order chi connectivity index (χ0) is 33.0. The molecule has 7 aromatic rings. The van der Waals surface area contributed by atoms with Crippen molar-refractivity contribution in [2.75, 3.05) is 4.90 Å². The molecule has 0 spiro atoms. The van der Waals surface area contributed by atoms with E-state index in [0.29, 0.717) is 5.92 Å². The van der Waals surface area contributed by atoms with Crippen molar-refractivity contribution in [3.8, 4) is 22.3 Å². The van der Waals surface area contributed by atoms with E-state index >= 15 is 0 Å². The Morgan fingerprint density at radius 2 is 1.18 bits per heavy atom. The molecule has 0 N–H and O–H groups in total. The van der Waals surface area contributed by atoms with Crippen molar-refractivity contribution in [1.29, 1.82) is 0 Å². The molecule has 2 atom stereocenters. The Hall–Kier alpha value is -6.12. The Morgan fingerprint density at radius 1 is 0.560 bits per heavy atom. The van der Waals surface area contributed by atoms with E-state index in [9.17, 15) is 0 Å². The van der Waals surface area contributed by atoms with Gasteiger partial charge in [0.2, 0.25) is 0 Å². The number of anilines is 2. The molecule has 6 aromatic carbocycles. The summed E-state index contributed by atoms with van der Waals surface area (Å²) in [6, 6.07) is 57.9. The van der Waals surface area contributed by atoms with Crippen molar-refractivity contribution in [2.45, 2.75) is 24.8 Å². The third kappa shape index (κ3) is 4.64. The lowest BCUT2D eigenvalue weighted by atomic mass is 9.87. The van der Waals surface area contributed by atoms with Crippen LogP contribution in [0.3, 0.4) is 0 Å². The molecular formula is C48H36N2. The maximum Gasteiger partial charge on any atom is 0.0640 e. The fourth-order valence-corrected chi connectivity index (χ4v) is 8.56. The third-order valence-corrected chi connectivity index (χ3v) is 10.9. The van der Waals surface area contributed by atoms with Crippen LogP contribution in [-0.4, -0.2) is 10.6 Å². The summed E-state index contributed by atoms with van der Waals surface area (Å²) in [7, 11) is 0. The lowest BCUT2D eigenvalue weighted by Crippen LogP contribution is -2.30. The number of hydrogen-bond donors (Lipinski definition) is 0. The number of fused-ring (bicyclic) bond motifs is 6. The summed E-state index contributed by atoms with van der Waals surface area (Å²) in [6.45, 7) is 0. The van der Waals surface area contributed by atoms with E-state index in [1.54, 1.807) is 0 Å². The van der Waals surface area contributed by atoms with Crippen molar-refractivity contribution >= 4 is 39.6 Å². The van der Waals surface area contributed by atoms with Crippen LogP contribution < -0.4 is 4.90 Å². The molecular weight excluding hydrogens is 605 g/mol. The van der Waals surface area contributed by atoms with Crippen molar-refractivity contribution in [1.82, 2.24) is 4.57 Å². The Kier molecular flexibility index (Phi) is 6.80. The minimum absolute atomic E-state index is 0.223.